The minimum atomic E-state index is -0.541. The van der Waals surface area contributed by atoms with Crippen LogP contribution in [0.25, 0.3) is 6.08 Å². The van der Waals surface area contributed by atoms with Crippen molar-refractivity contribution in [2.75, 3.05) is 0 Å². The van der Waals surface area contributed by atoms with Gasteiger partial charge in [0, 0.05) is 11.5 Å². The van der Waals surface area contributed by atoms with Crippen LogP contribution in [-0.2, 0) is 11.4 Å². The number of halogens is 1. The van der Waals surface area contributed by atoms with E-state index in [9.17, 15) is 9.18 Å². The largest absolute Gasteiger partial charge is 0.487 e. The first-order valence-corrected chi connectivity index (χ1v) is 8.76. The van der Waals surface area contributed by atoms with Gasteiger partial charge >= 0.3 is 5.97 Å². The molecule has 0 amide bonds. The quantitative estimate of drug-likeness (QED) is 0.356. The Morgan fingerprint density at radius 2 is 2.00 bits per heavy atom. The predicted molar refractivity (Wildman–Crippen MR) is 98.7 cm³/mol. The third-order valence-corrected chi connectivity index (χ3v) is 4.18. The highest BCUT2D eigenvalue weighted by Crippen LogP contribution is 2.17. The van der Waals surface area contributed by atoms with Gasteiger partial charge in [0.25, 0.3) is 0 Å². The molecule has 2 aromatic carbocycles. The lowest BCUT2D eigenvalue weighted by Gasteiger charge is -2.05. The second kappa shape index (κ2) is 8.40. The smallest absolute Gasteiger partial charge is 0.336 e. The third kappa shape index (κ3) is 5.26. The van der Waals surface area contributed by atoms with E-state index in [1.54, 1.807) is 17.4 Å². The molecule has 0 aliphatic carbocycles. The average molecular weight is 369 g/mol. The zero-order valence-electron chi connectivity index (χ0n) is 14.0. The molecule has 0 N–H and O–H groups in total. The predicted octanol–water partition coefficient (Wildman–Crippen LogP) is 4.79. The minimum absolute atomic E-state index is 0.289. The second-order valence-corrected chi connectivity index (χ2v) is 6.49. The van der Waals surface area contributed by atoms with Crippen LogP contribution >= 0.6 is 11.3 Å². The number of rotatable bonds is 6. The Bertz CT molecular complexity index is 919. The Hall–Kier alpha value is -2.99. The maximum absolute atomic E-state index is 12.8. The summed E-state index contributed by atoms with van der Waals surface area (Å²) in [6.07, 6.45) is 2.94. The number of nitrogens with zero attached hydrogens (tertiary/aromatic N) is 1. The Labute approximate surface area is 154 Å². The molecule has 0 radical (unpaired) electrons. The van der Waals surface area contributed by atoms with Gasteiger partial charge in [-0.15, -0.1) is 11.3 Å². The molecule has 0 atom stereocenters. The number of aryl methyl sites for hydroxylation is 1. The van der Waals surface area contributed by atoms with Crippen LogP contribution in [0.15, 0.2) is 60.0 Å². The van der Waals surface area contributed by atoms with E-state index in [0.29, 0.717) is 12.4 Å². The Morgan fingerprint density at radius 1 is 1.19 bits per heavy atom. The topological polar surface area (TPSA) is 48.4 Å². The maximum atomic E-state index is 12.8. The van der Waals surface area contributed by atoms with Gasteiger partial charge in [-0.2, -0.15) is 0 Å². The van der Waals surface area contributed by atoms with Crippen molar-refractivity contribution in [3.8, 4) is 11.5 Å². The molecule has 0 saturated carbocycles. The van der Waals surface area contributed by atoms with Crippen molar-refractivity contribution in [1.29, 1.82) is 0 Å². The van der Waals surface area contributed by atoms with E-state index in [-0.39, 0.29) is 11.6 Å². The van der Waals surface area contributed by atoms with Crippen molar-refractivity contribution in [1.82, 2.24) is 4.98 Å². The third-order valence-electron chi connectivity index (χ3n) is 3.36. The van der Waals surface area contributed by atoms with Gasteiger partial charge in [-0.05, 0) is 55.0 Å². The minimum Gasteiger partial charge on any atom is -0.487 e. The monoisotopic (exact) mass is 369 g/mol. The van der Waals surface area contributed by atoms with Gasteiger partial charge in [0.2, 0.25) is 0 Å². The van der Waals surface area contributed by atoms with Crippen LogP contribution in [0.3, 0.4) is 0 Å². The molecule has 1 heterocycles. The van der Waals surface area contributed by atoms with Gasteiger partial charge in [0.15, 0.2) is 0 Å². The molecule has 0 aliphatic heterocycles. The van der Waals surface area contributed by atoms with E-state index < -0.39 is 5.97 Å². The first kappa shape index (κ1) is 17.8. The van der Waals surface area contributed by atoms with Gasteiger partial charge in [-0.25, -0.2) is 14.2 Å². The number of benzene rings is 2. The van der Waals surface area contributed by atoms with Crippen molar-refractivity contribution >= 4 is 23.4 Å². The molecule has 4 nitrogen and oxygen atoms in total. The number of carbonyl (C=O) groups excluding carboxylic acids is 1. The molecule has 3 aromatic rings. The Kier molecular flexibility index (Phi) is 5.76. The van der Waals surface area contributed by atoms with Crippen molar-refractivity contribution in [3.63, 3.8) is 0 Å². The number of hydrogen-bond donors (Lipinski definition) is 0. The van der Waals surface area contributed by atoms with Crippen molar-refractivity contribution < 1.29 is 18.7 Å². The molecule has 3 rings (SSSR count). The van der Waals surface area contributed by atoms with Gasteiger partial charge in [0.1, 0.15) is 23.9 Å². The van der Waals surface area contributed by atoms with Crippen LogP contribution in [0, 0.1) is 12.7 Å². The maximum Gasteiger partial charge on any atom is 0.336 e. The summed E-state index contributed by atoms with van der Waals surface area (Å²) in [6, 6.07) is 12.6. The second-order valence-electron chi connectivity index (χ2n) is 5.43. The molecular formula is C20H16FNO3S. The number of esters is 1. The Morgan fingerprint density at radius 3 is 2.73 bits per heavy atom. The fourth-order valence-corrected chi connectivity index (χ4v) is 2.75. The van der Waals surface area contributed by atoms with Crippen molar-refractivity contribution in [2.45, 2.75) is 13.5 Å². The van der Waals surface area contributed by atoms with Gasteiger partial charge < -0.3 is 9.47 Å². The molecular weight excluding hydrogens is 353 g/mol. The van der Waals surface area contributed by atoms with Gasteiger partial charge in [-0.1, -0.05) is 12.1 Å². The normalized spacial score (nSPS) is 10.8. The number of aromatic nitrogens is 1. The summed E-state index contributed by atoms with van der Waals surface area (Å²) in [5, 5.41) is 2.96. The molecule has 0 fully saturated rings. The van der Waals surface area contributed by atoms with Crippen molar-refractivity contribution in [3.05, 3.63) is 82.1 Å². The molecule has 26 heavy (non-hydrogen) atoms. The van der Waals surface area contributed by atoms with Crippen LogP contribution in [0.2, 0.25) is 0 Å². The fourth-order valence-electron chi connectivity index (χ4n) is 2.16. The summed E-state index contributed by atoms with van der Waals surface area (Å²) in [5.41, 5.74) is 1.68. The summed E-state index contributed by atoms with van der Waals surface area (Å²) in [4.78, 5) is 16.2. The number of carbonyl (C=O) groups is 1. The van der Waals surface area contributed by atoms with E-state index in [0.717, 1.165) is 16.3 Å². The molecule has 132 valence electrons. The SMILES string of the molecule is Cc1nc(COc2cccc(/C=C/C(=O)Oc3ccc(F)cc3)c2)cs1. The Balaban J connectivity index is 1.57. The van der Waals surface area contributed by atoms with Crippen LogP contribution in [0.4, 0.5) is 4.39 Å². The van der Waals surface area contributed by atoms with Crippen LogP contribution < -0.4 is 9.47 Å². The molecule has 0 spiro atoms. The molecule has 0 bridgehead atoms. The standard InChI is InChI=1S/C20H16FNO3S/c1-14-22-17(13-26-14)12-24-19-4-2-3-15(11-19)5-10-20(23)25-18-8-6-16(21)7-9-18/h2-11,13H,12H2,1H3/b10-5+. The highest BCUT2D eigenvalue weighted by atomic mass is 32.1. The van der Waals surface area contributed by atoms with Crippen LogP contribution in [0.5, 0.6) is 11.5 Å². The highest BCUT2D eigenvalue weighted by molar-refractivity contribution is 7.09. The van der Waals surface area contributed by atoms with E-state index >= 15 is 0 Å². The molecule has 0 aliphatic rings. The number of thiazole rings is 1. The van der Waals surface area contributed by atoms with E-state index in [1.165, 1.54) is 30.3 Å². The fraction of sp³-hybridized carbons (Fsp3) is 0.100. The summed E-state index contributed by atoms with van der Waals surface area (Å²) >= 11 is 1.58. The van der Waals surface area contributed by atoms with Gasteiger partial charge in [0.05, 0.1) is 10.7 Å². The van der Waals surface area contributed by atoms with Crippen molar-refractivity contribution in [2.24, 2.45) is 0 Å². The van der Waals surface area contributed by atoms with E-state index in [4.69, 9.17) is 9.47 Å². The van der Waals surface area contributed by atoms with Gasteiger partial charge in [-0.3, -0.25) is 0 Å². The molecule has 1 aromatic heterocycles. The zero-order chi connectivity index (χ0) is 18.4. The first-order chi connectivity index (χ1) is 12.6. The number of ether oxygens (including phenoxy) is 2. The highest BCUT2D eigenvalue weighted by Gasteiger charge is 2.02. The molecule has 0 saturated heterocycles. The summed E-state index contributed by atoms with van der Waals surface area (Å²) in [5.74, 6) is 0.0484. The first-order valence-electron chi connectivity index (χ1n) is 7.88. The lowest BCUT2D eigenvalue weighted by Crippen LogP contribution is -2.03. The lowest BCUT2D eigenvalue weighted by molar-refractivity contribution is -0.128. The van der Waals surface area contributed by atoms with E-state index in [1.807, 2.05) is 36.6 Å². The average Bonchev–Trinajstić information content (AvgIpc) is 3.06. The molecule has 0 unspecified atom stereocenters. The number of hydrogen-bond acceptors (Lipinski definition) is 5. The molecule has 6 heteroatoms. The lowest BCUT2D eigenvalue weighted by atomic mass is 10.2. The summed E-state index contributed by atoms with van der Waals surface area (Å²) < 4.78 is 23.7. The zero-order valence-corrected chi connectivity index (χ0v) is 14.8. The van der Waals surface area contributed by atoms with Crippen LogP contribution in [0.1, 0.15) is 16.3 Å². The summed E-state index contributed by atoms with van der Waals surface area (Å²) in [7, 11) is 0. The van der Waals surface area contributed by atoms with Crippen LogP contribution in [-0.4, -0.2) is 11.0 Å². The van der Waals surface area contributed by atoms with E-state index in [2.05, 4.69) is 4.98 Å². The summed E-state index contributed by atoms with van der Waals surface area (Å²) in [6.45, 7) is 2.34.